The number of hydrogen-bond donors (Lipinski definition) is 1. The van der Waals surface area contributed by atoms with Crippen LogP contribution in [0.1, 0.15) is 56.1 Å². The summed E-state index contributed by atoms with van der Waals surface area (Å²) in [6.07, 6.45) is 0. The molecule has 1 aromatic rings. The van der Waals surface area contributed by atoms with Crippen LogP contribution >= 0.6 is 11.3 Å². The van der Waals surface area contributed by atoms with Gasteiger partial charge in [-0.3, -0.25) is 4.79 Å². The van der Waals surface area contributed by atoms with Gasteiger partial charge in [-0.2, -0.15) is 0 Å². The highest BCUT2D eigenvalue weighted by Crippen LogP contribution is 2.36. The molecular weight excluding hydrogens is 234 g/mol. The van der Waals surface area contributed by atoms with Crippen LogP contribution in [0, 0.1) is 12.8 Å². The van der Waals surface area contributed by atoms with Crippen molar-refractivity contribution < 1.29 is 9.90 Å². The Kier molecular flexibility index (Phi) is 3.97. The van der Waals surface area contributed by atoms with Crippen LogP contribution < -0.4 is 0 Å². The Morgan fingerprint density at radius 1 is 1.35 bits per heavy atom. The maximum absolute atomic E-state index is 11.3. The first-order valence-electron chi connectivity index (χ1n) is 5.85. The highest BCUT2D eigenvalue weighted by atomic mass is 32.1. The van der Waals surface area contributed by atoms with Crippen molar-refractivity contribution >= 4 is 17.3 Å². The number of rotatable bonds is 3. The molecule has 1 N–H and O–H groups in total. The number of aliphatic carboxylic acids is 1. The van der Waals surface area contributed by atoms with Crippen molar-refractivity contribution in [3.8, 4) is 0 Å². The second-order valence-electron chi connectivity index (χ2n) is 5.78. The van der Waals surface area contributed by atoms with Gasteiger partial charge >= 0.3 is 5.97 Å². The number of carbonyl (C=O) groups is 1. The van der Waals surface area contributed by atoms with E-state index in [-0.39, 0.29) is 11.3 Å². The molecule has 3 nitrogen and oxygen atoms in total. The molecule has 1 atom stereocenters. The van der Waals surface area contributed by atoms with Crippen LogP contribution in [0.25, 0.3) is 0 Å². The van der Waals surface area contributed by atoms with Crippen LogP contribution in [0.5, 0.6) is 0 Å². The molecule has 1 unspecified atom stereocenters. The van der Waals surface area contributed by atoms with Crippen LogP contribution in [0.15, 0.2) is 0 Å². The number of aryl methyl sites for hydroxylation is 1. The molecule has 0 fully saturated rings. The highest BCUT2D eigenvalue weighted by molar-refractivity contribution is 7.12. The third kappa shape index (κ3) is 3.06. The lowest BCUT2D eigenvalue weighted by Gasteiger charge is -2.15. The molecule has 1 heterocycles. The van der Waals surface area contributed by atoms with Crippen molar-refractivity contribution in [3.63, 3.8) is 0 Å². The van der Waals surface area contributed by atoms with Gasteiger partial charge in [0, 0.05) is 10.3 Å². The normalized spacial score (nSPS) is 14.1. The van der Waals surface area contributed by atoms with Gasteiger partial charge in [0.25, 0.3) is 0 Å². The Hall–Kier alpha value is -0.900. The van der Waals surface area contributed by atoms with Crippen molar-refractivity contribution in [2.24, 2.45) is 5.92 Å². The Bertz CT molecular complexity index is 416. The molecule has 0 spiro atoms. The second kappa shape index (κ2) is 4.77. The molecule has 0 aliphatic rings. The summed E-state index contributed by atoms with van der Waals surface area (Å²) in [5.74, 6) is -1.12. The fourth-order valence-corrected chi connectivity index (χ4v) is 3.11. The SMILES string of the molecule is Cc1nc(C(C)(C)C)sc1C(C(=O)O)C(C)C. The number of carboxylic acids is 1. The molecular formula is C13H21NO2S. The molecule has 4 heteroatoms. The molecule has 0 aliphatic heterocycles. The first-order valence-corrected chi connectivity index (χ1v) is 6.67. The fourth-order valence-electron chi connectivity index (χ4n) is 1.72. The lowest BCUT2D eigenvalue weighted by molar-refractivity contribution is -0.139. The van der Waals surface area contributed by atoms with Crippen LogP contribution in [0.3, 0.4) is 0 Å². The second-order valence-corrected chi connectivity index (χ2v) is 6.81. The predicted molar refractivity (Wildman–Crippen MR) is 70.8 cm³/mol. The number of thiazole rings is 1. The van der Waals surface area contributed by atoms with Crippen molar-refractivity contribution in [1.82, 2.24) is 4.98 Å². The van der Waals surface area contributed by atoms with Gasteiger partial charge in [0.05, 0.1) is 16.6 Å². The van der Waals surface area contributed by atoms with Crippen molar-refractivity contribution in [2.45, 2.75) is 52.9 Å². The first kappa shape index (κ1) is 14.2. The summed E-state index contributed by atoms with van der Waals surface area (Å²) in [7, 11) is 0. The minimum Gasteiger partial charge on any atom is -0.481 e. The molecule has 1 aromatic heterocycles. The van der Waals surface area contributed by atoms with Gasteiger partial charge in [-0.1, -0.05) is 34.6 Å². The number of carboxylic acid groups (broad SMARTS) is 1. The summed E-state index contributed by atoms with van der Waals surface area (Å²) in [5.41, 5.74) is 0.842. The summed E-state index contributed by atoms with van der Waals surface area (Å²) >= 11 is 1.54. The van der Waals surface area contributed by atoms with E-state index in [0.717, 1.165) is 15.6 Å². The molecule has 0 aliphatic carbocycles. The first-order chi connectivity index (χ1) is 7.64. The van der Waals surface area contributed by atoms with Gasteiger partial charge < -0.3 is 5.11 Å². The van der Waals surface area contributed by atoms with E-state index in [4.69, 9.17) is 0 Å². The van der Waals surface area contributed by atoms with Crippen molar-refractivity contribution in [3.05, 3.63) is 15.6 Å². The van der Waals surface area contributed by atoms with Crippen molar-refractivity contribution in [2.75, 3.05) is 0 Å². The molecule has 0 saturated heterocycles. The minimum atomic E-state index is -0.757. The lowest BCUT2D eigenvalue weighted by Crippen LogP contribution is -2.17. The zero-order valence-corrected chi connectivity index (χ0v) is 12.2. The van der Waals surface area contributed by atoms with Crippen LogP contribution in [0.2, 0.25) is 0 Å². The maximum Gasteiger partial charge on any atom is 0.312 e. The van der Waals surface area contributed by atoms with Gasteiger partial charge in [0.15, 0.2) is 0 Å². The highest BCUT2D eigenvalue weighted by Gasteiger charge is 2.30. The maximum atomic E-state index is 11.3. The largest absolute Gasteiger partial charge is 0.481 e. The van der Waals surface area contributed by atoms with E-state index in [1.165, 1.54) is 11.3 Å². The third-order valence-corrected chi connectivity index (χ3v) is 4.36. The summed E-state index contributed by atoms with van der Waals surface area (Å²) in [4.78, 5) is 16.8. The number of aromatic nitrogens is 1. The molecule has 0 aromatic carbocycles. The van der Waals surface area contributed by atoms with E-state index in [9.17, 15) is 9.90 Å². The van der Waals surface area contributed by atoms with Gasteiger partial charge in [-0.05, 0) is 12.8 Å². The Morgan fingerprint density at radius 3 is 2.18 bits per heavy atom. The zero-order chi connectivity index (χ0) is 13.4. The molecule has 0 saturated carbocycles. The molecule has 0 amide bonds. The molecule has 17 heavy (non-hydrogen) atoms. The van der Waals surface area contributed by atoms with E-state index in [1.54, 1.807) is 0 Å². The zero-order valence-electron chi connectivity index (χ0n) is 11.4. The van der Waals surface area contributed by atoms with Crippen LogP contribution in [-0.2, 0) is 10.2 Å². The van der Waals surface area contributed by atoms with E-state index in [1.807, 2.05) is 20.8 Å². The monoisotopic (exact) mass is 255 g/mol. The Balaban J connectivity index is 3.22. The van der Waals surface area contributed by atoms with E-state index in [0.29, 0.717) is 0 Å². The lowest BCUT2D eigenvalue weighted by atomic mass is 9.93. The standard InChI is InChI=1S/C13H21NO2S/c1-7(2)9(11(15)16)10-8(3)14-12(17-10)13(4,5)6/h7,9H,1-6H3,(H,15,16). The van der Waals surface area contributed by atoms with Gasteiger partial charge in [-0.15, -0.1) is 11.3 Å². The van der Waals surface area contributed by atoms with Crippen molar-refractivity contribution in [1.29, 1.82) is 0 Å². The summed E-state index contributed by atoms with van der Waals surface area (Å²) in [5, 5.41) is 10.3. The minimum absolute atomic E-state index is 0.0201. The third-order valence-electron chi connectivity index (χ3n) is 2.69. The van der Waals surface area contributed by atoms with Gasteiger partial charge in [0.2, 0.25) is 0 Å². The van der Waals surface area contributed by atoms with Crippen LogP contribution in [-0.4, -0.2) is 16.1 Å². The summed E-state index contributed by atoms with van der Waals surface area (Å²) in [6.45, 7) is 12.1. The topological polar surface area (TPSA) is 50.2 Å². The number of hydrogen-bond acceptors (Lipinski definition) is 3. The molecule has 1 rings (SSSR count). The Morgan fingerprint density at radius 2 is 1.88 bits per heavy atom. The predicted octanol–water partition coefficient (Wildman–Crippen LogP) is 3.57. The molecule has 96 valence electrons. The summed E-state index contributed by atoms with van der Waals surface area (Å²) < 4.78 is 0. The van der Waals surface area contributed by atoms with E-state index in [2.05, 4.69) is 25.8 Å². The van der Waals surface area contributed by atoms with E-state index >= 15 is 0 Å². The van der Waals surface area contributed by atoms with Gasteiger partial charge in [-0.25, -0.2) is 4.98 Å². The average molecular weight is 255 g/mol. The molecule has 0 bridgehead atoms. The molecule has 0 radical (unpaired) electrons. The quantitative estimate of drug-likeness (QED) is 0.898. The number of nitrogens with zero attached hydrogens (tertiary/aromatic N) is 1. The summed E-state index contributed by atoms with van der Waals surface area (Å²) in [6, 6.07) is 0. The average Bonchev–Trinajstić information content (AvgIpc) is 2.46. The van der Waals surface area contributed by atoms with E-state index < -0.39 is 11.9 Å². The smallest absolute Gasteiger partial charge is 0.312 e. The van der Waals surface area contributed by atoms with Gasteiger partial charge in [0.1, 0.15) is 0 Å². The van der Waals surface area contributed by atoms with Crippen LogP contribution in [0.4, 0.5) is 0 Å². The Labute approximate surface area is 107 Å². The fraction of sp³-hybridized carbons (Fsp3) is 0.692.